The minimum absolute atomic E-state index is 0.0417. The summed E-state index contributed by atoms with van der Waals surface area (Å²) in [5, 5.41) is 8.70. The number of nitrogens with zero attached hydrogens (tertiary/aromatic N) is 1. The summed E-state index contributed by atoms with van der Waals surface area (Å²) >= 11 is 1.45. The van der Waals surface area contributed by atoms with Crippen LogP contribution in [0.3, 0.4) is 0 Å². The van der Waals surface area contributed by atoms with E-state index in [1.807, 2.05) is 29.6 Å². The van der Waals surface area contributed by atoms with Crippen molar-refractivity contribution in [3.8, 4) is 11.3 Å². The van der Waals surface area contributed by atoms with E-state index in [1.165, 1.54) is 29.9 Å². The summed E-state index contributed by atoms with van der Waals surface area (Å²) in [6.45, 7) is 2.16. The van der Waals surface area contributed by atoms with Gasteiger partial charge in [0, 0.05) is 28.7 Å². The fourth-order valence-electron chi connectivity index (χ4n) is 2.85. The van der Waals surface area contributed by atoms with Gasteiger partial charge in [-0.2, -0.15) is 0 Å². The van der Waals surface area contributed by atoms with Crippen LogP contribution in [0.4, 0.5) is 20.9 Å². The lowest BCUT2D eigenvalue weighted by atomic mass is 10.1. The number of hydrogen-bond acceptors (Lipinski definition) is 4. The van der Waals surface area contributed by atoms with Crippen LogP contribution in [-0.4, -0.2) is 10.9 Å². The van der Waals surface area contributed by atoms with Crippen LogP contribution in [0.1, 0.15) is 39.0 Å². The molecule has 0 aliphatic heterocycles. The molecule has 2 N–H and O–H groups in total. The first-order chi connectivity index (χ1) is 13.6. The Balaban J connectivity index is 1.62. The molecule has 1 amide bonds. The molecule has 3 rings (SSSR count). The van der Waals surface area contributed by atoms with Gasteiger partial charge >= 0.3 is 0 Å². The van der Waals surface area contributed by atoms with Crippen LogP contribution in [0.25, 0.3) is 11.3 Å². The van der Waals surface area contributed by atoms with E-state index in [2.05, 4.69) is 22.5 Å². The Morgan fingerprint density at radius 3 is 2.71 bits per heavy atom. The fraction of sp³-hybridized carbons (Fsp3) is 0.273. The van der Waals surface area contributed by atoms with Crippen molar-refractivity contribution in [2.75, 3.05) is 10.6 Å². The second-order valence-corrected chi connectivity index (χ2v) is 7.47. The Bertz CT molecular complexity index is 925. The van der Waals surface area contributed by atoms with Gasteiger partial charge in [-0.05, 0) is 36.8 Å². The molecule has 3 aromatic rings. The quantitative estimate of drug-likeness (QED) is 0.400. The Labute approximate surface area is 168 Å². The summed E-state index contributed by atoms with van der Waals surface area (Å²) in [7, 11) is 0. The molecule has 1 heterocycles. The van der Waals surface area contributed by atoms with E-state index in [9.17, 15) is 9.18 Å². The van der Waals surface area contributed by atoms with E-state index >= 15 is 0 Å². The summed E-state index contributed by atoms with van der Waals surface area (Å²) in [5.74, 6) is -0.250. The van der Waals surface area contributed by atoms with Crippen LogP contribution in [0, 0.1) is 5.82 Å². The topological polar surface area (TPSA) is 54.0 Å². The zero-order valence-electron chi connectivity index (χ0n) is 15.9. The number of nitrogens with one attached hydrogen (secondary N) is 2. The van der Waals surface area contributed by atoms with Crippen LogP contribution in [0.5, 0.6) is 0 Å². The number of anilines is 3. The number of benzene rings is 2. The Kier molecular flexibility index (Phi) is 7.14. The Morgan fingerprint density at radius 1 is 1.07 bits per heavy atom. The van der Waals surface area contributed by atoms with Crippen molar-refractivity contribution < 1.29 is 9.18 Å². The van der Waals surface area contributed by atoms with Crippen LogP contribution in [0.15, 0.2) is 53.9 Å². The number of carbonyl (C=O) groups excluding carboxylic acids is 1. The molecule has 0 aliphatic rings. The van der Waals surface area contributed by atoms with Crippen LogP contribution in [0.2, 0.25) is 0 Å². The van der Waals surface area contributed by atoms with E-state index < -0.39 is 0 Å². The smallest absolute Gasteiger partial charge is 0.224 e. The zero-order valence-corrected chi connectivity index (χ0v) is 16.7. The average Bonchev–Trinajstić information content (AvgIpc) is 3.14. The summed E-state index contributed by atoms with van der Waals surface area (Å²) in [6.07, 6.45) is 4.87. The van der Waals surface area contributed by atoms with Crippen molar-refractivity contribution >= 4 is 33.8 Å². The second kappa shape index (κ2) is 9.99. The highest BCUT2D eigenvalue weighted by atomic mass is 32.1. The molecule has 0 saturated heterocycles. The van der Waals surface area contributed by atoms with Gasteiger partial charge in [0.25, 0.3) is 0 Å². The molecule has 0 atom stereocenters. The third-order valence-electron chi connectivity index (χ3n) is 4.28. The molecule has 28 heavy (non-hydrogen) atoms. The molecule has 6 heteroatoms. The van der Waals surface area contributed by atoms with E-state index in [1.54, 1.807) is 12.1 Å². The lowest BCUT2D eigenvalue weighted by Gasteiger charge is -2.07. The number of amides is 1. The first kappa shape index (κ1) is 20.0. The van der Waals surface area contributed by atoms with Crippen LogP contribution >= 0.6 is 11.3 Å². The fourth-order valence-corrected chi connectivity index (χ4v) is 3.59. The second-order valence-electron chi connectivity index (χ2n) is 6.61. The minimum Gasteiger partial charge on any atom is -0.331 e. The van der Waals surface area contributed by atoms with Gasteiger partial charge in [0.15, 0.2) is 5.13 Å². The molecule has 0 bridgehead atoms. The van der Waals surface area contributed by atoms with Crippen molar-refractivity contribution in [2.24, 2.45) is 0 Å². The molecular weight excluding hydrogens is 373 g/mol. The molecule has 2 aromatic carbocycles. The normalized spacial score (nSPS) is 10.6. The van der Waals surface area contributed by atoms with Crippen molar-refractivity contribution in [3.63, 3.8) is 0 Å². The van der Waals surface area contributed by atoms with E-state index in [-0.39, 0.29) is 11.7 Å². The third kappa shape index (κ3) is 5.89. The maximum Gasteiger partial charge on any atom is 0.224 e. The first-order valence-electron chi connectivity index (χ1n) is 9.52. The molecule has 0 radical (unpaired) electrons. The molecule has 0 saturated carbocycles. The van der Waals surface area contributed by atoms with Crippen molar-refractivity contribution in [1.82, 2.24) is 4.98 Å². The summed E-state index contributed by atoms with van der Waals surface area (Å²) in [4.78, 5) is 16.7. The molecule has 0 unspecified atom stereocenters. The zero-order chi connectivity index (χ0) is 19.8. The van der Waals surface area contributed by atoms with Gasteiger partial charge in [0.2, 0.25) is 5.91 Å². The monoisotopic (exact) mass is 397 g/mol. The van der Waals surface area contributed by atoms with Gasteiger partial charge in [0.05, 0.1) is 5.69 Å². The highest BCUT2D eigenvalue weighted by Crippen LogP contribution is 2.28. The number of thiazole rings is 1. The molecule has 0 fully saturated rings. The van der Waals surface area contributed by atoms with E-state index in [0.717, 1.165) is 36.2 Å². The SMILES string of the molecule is CCCCCCC(=O)Nc1cccc(-c2csc(Nc3cccc(F)c3)n2)c1. The predicted octanol–water partition coefficient (Wildman–Crippen LogP) is 6.60. The molecule has 1 aromatic heterocycles. The van der Waals surface area contributed by atoms with Gasteiger partial charge in [-0.25, -0.2) is 9.37 Å². The van der Waals surface area contributed by atoms with Gasteiger partial charge in [0.1, 0.15) is 5.82 Å². The summed E-state index contributed by atoms with van der Waals surface area (Å²) < 4.78 is 13.3. The van der Waals surface area contributed by atoms with Gasteiger partial charge < -0.3 is 10.6 Å². The number of unbranched alkanes of at least 4 members (excludes halogenated alkanes) is 3. The average molecular weight is 398 g/mol. The van der Waals surface area contributed by atoms with Gasteiger partial charge in [-0.3, -0.25) is 4.79 Å². The molecule has 4 nitrogen and oxygen atoms in total. The number of rotatable bonds is 9. The summed E-state index contributed by atoms with van der Waals surface area (Å²) in [6, 6.07) is 13.9. The third-order valence-corrected chi connectivity index (χ3v) is 5.04. The Morgan fingerprint density at radius 2 is 1.89 bits per heavy atom. The number of hydrogen-bond donors (Lipinski definition) is 2. The number of halogens is 1. The maximum atomic E-state index is 13.3. The summed E-state index contributed by atoms with van der Waals surface area (Å²) in [5.41, 5.74) is 3.16. The van der Waals surface area contributed by atoms with E-state index in [4.69, 9.17) is 0 Å². The molecular formula is C22H24FN3OS. The van der Waals surface area contributed by atoms with Crippen molar-refractivity contribution in [3.05, 3.63) is 59.7 Å². The standard InChI is InChI=1S/C22H24FN3OS/c1-2-3-4-5-12-21(27)24-18-10-6-8-16(13-18)20-15-28-22(26-20)25-19-11-7-9-17(23)14-19/h6-11,13-15H,2-5,12H2,1H3,(H,24,27)(H,25,26). The highest BCUT2D eigenvalue weighted by Gasteiger charge is 2.08. The molecule has 0 spiro atoms. The largest absolute Gasteiger partial charge is 0.331 e. The Hall–Kier alpha value is -2.73. The lowest BCUT2D eigenvalue weighted by molar-refractivity contribution is -0.116. The lowest BCUT2D eigenvalue weighted by Crippen LogP contribution is -2.11. The van der Waals surface area contributed by atoms with Crippen LogP contribution in [-0.2, 0) is 4.79 Å². The van der Waals surface area contributed by atoms with Crippen LogP contribution < -0.4 is 10.6 Å². The maximum absolute atomic E-state index is 13.3. The molecule has 146 valence electrons. The minimum atomic E-state index is -0.292. The highest BCUT2D eigenvalue weighted by molar-refractivity contribution is 7.14. The number of aromatic nitrogens is 1. The van der Waals surface area contributed by atoms with Gasteiger partial charge in [-0.1, -0.05) is 44.4 Å². The molecule has 0 aliphatic carbocycles. The van der Waals surface area contributed by atoms with Gasteiger partial charge in [-0.15, -0.1) is 11.3 Å². The predicted molar refractivity (Wildman–Crippen MR) is 115 cm³/mol. The number of carbonyl (C=O) groups is 1. The van der Waals surface area contributed by atoms with E-state index in [0.29, 0.717) is 17.2 Å². The van der Waals surface area contributed by atoms with Crippen molar-refractivity contribution in [2.45, 2.75) is 39.0 Å². The first-order valence-corrected chi connectivity index (χ1v) is 10.4. The van der Waals surface area contributed by atoms with Crippen molar-refractivity contribution in [1.29, 1.82) is 0 Å².